The molecule has 0 aliphatic carbocycles. The van der Waals surface area contributed by atoms with E-state index in [1.165, 1.54) is 0 Å². The van der Waals surface area contributed by atoms with E-state index in [0.717, 1.165) is 25.9 Å². The first-order chi connectivity index (χ1) is 6.61. The van der Waals surface area contributed by atoms with Crippen LogP contribution in [0.25, 0.3) is 0 Å². The molecule has 0 fully saturated rings. The van der Waals surface area contributed by atoms with Crippen LogP contribution in [0.1, 0.15) is 46.5 Å². The molecule has 0 saturated carbocycles. The number of nitrogens with zero attached hydrogens (tertiary/aromatic N) is 1. The number of hydrogen-bond acceptors (Lipinski definition) is 1. The molecule has 14 heavy (non-hydrogen) atoms. The maximum atomic E-state index is 11.7. The van der Waals surface area contributed by atoms with Crippen molar-refractivity contribution in [2.45, 2.75) is 46.5 Å². The van der Waals surface area contributed by atoms with Gasteiger partial charge in [-0.15, -0.1) is 0 Å². The van der Waals surface area contributed by atoms with Gasteiger partial charge in [0.25, 0.3) is 0 Å². The van der Waals surface area contributed by atoms with E-state index in [1.807, 2.05) is 4.90 Å². The van der Waals surface area contributed by atoms with Gasteiger partial charge in [0.15, 0.2) is 0 Å². The normalized spacial score (nSPS) is 10.6. The van der Waals surface area contributed by atoms with Crippen LogP contribution in [-0.4, -0.2) is 23.9 Å². The van der Waals surface area contributed by atoms with Crippen molar-refractivity contribution >= 4 is 5.91 Å². The first-order valence-electron chi connectivity index (χ1n) is 5.68. The van der Waals surface area contributed by atoms with E-state index in [-0.39, 0.29) is 5.91 Å². The Hall–Kier alpha value is -0.530. The molecule has 0 aliphatic rings. The van der Waals surface area contributed by atoms with Crippen molar-refractivity contribution in [2.75, 3.05) is 13.1 Å². The van der Waals surface area contributed by atoms with Crippen LogP contribution in [0, 0.1) is 12.8 Å². The molecule has 2 nitrogen and oxygen atoms in total. The predicted octanol–water partition coefficient (Wildman–Crippen LogP) is 2.89. The number of amides is 1. The summed E-state index contributed by atoms with van der Waals surface area (Å²) >= 11 is 0. The van der Waals surface area contributed by atoms with Crippen molar-refractivity contribution in [3.8, 4) is 0 Å². The monoisotopic (exact) mass is 198 g/mol. The summed E-state index contributed by atoms with van der Waals surface area (Å²) in [6, 6.07) is 0. The maximum Gasteiger partial charge on any atom is 0.222 e. The van der Waals surface area contributed by atoms with Crippen molar-refractivity contribution in [3.63, 3.8) is 0 Å². The molecule has 0 saturated heterocycles. The molecular formula is C12H24NO. The zero-order valence-corrected chi connectivity index (χ0v) is 9.88. The molecule has 0 N–H and O–H groups in total. The second kappa shape index (κ2) is 7.84. The lowest BCUT2D eigenvalue weighted by atomic mass is 10.1. The second-order valence-corrected chi connectivity index (χ2v) is 4.19. The van der Waals surface area contributed by atoms with E-state index >= 15 is 0 Å². The Labute approximate surface area is 88.7 Å². The molecule has 0 aromatic heterocycles. The quantitative estimate of drug-likeness (QED) is 0.616. The molecule has 1 amide bonds. The highest BCUT2D eigenvalue weighted by molar-refractivity contribution is 5.76. The molecule has 83 valence electrons. The Kier molecular flexibility index (Phi) is 7.54. The maximum absolute atomic E-state index is 11.7. The van der Waals surface area contributed by atoms with Crippen molar-refractivity contribution in [1.29, 1.82) is 0 Å². The highest BCUT2D eigenvalue weighted by Crippen LogP contribution is 2.05. The average molecular weight is 198 g/mol. The molecule has 0 aliphatic heterocycles. The van der Waals surface area contributed by atoms with Crippen molar-refractivity contribution in [3.05, 3.63) is 6.92 Å². The molecule has 0 aromatic rings. The number of hydrogen-bond donors (Lipinski definition) is 0. The molecule has 0 atom stereocenters. The van der Waals surface area contributed by atoms with Crippen LogP contribution in [0.5, 0.6) is 0 Å². The van der Waals surface area contributed by atoms with Crippen LogP contribution < -0.4 is 0 Å². The third-order valence-electron chi connectivity index (χ3n) is 2.11. The number of carbonyl (C=O) groups excluding carboxylic acids is 1. The van der Waals surface area contributed by atoms with Gasteiger partial charge in [-0.1, -0.05) is 34.1 Å². The van der Waals surface area contributed by atoms with Crippen LogP contribution in [0.3, 0.4) is 0 Å². The number of rotatable bonds is 7. The summed E-state index contributed by atoms with van der Waals surface area (Å²) < 4.78 is 0. The minimum Gasteiger partial charge on any atom is -0.342 e. The second-order valence-electron chi connectivity index (χ2n) is 4.19. The fourth-order valence-corrected chi connectivity index (χ4v) is 1.42. The summed E-state index contributed by atoms with van der Waals surface area (Å²) in [5, 5.41) is 0. The van der Waals surface area contributed by atoms with Gasteiger partial charge in [-0.25, -0.2) is 0 Å². The molecule has 0 bridgehead atoms. The van der Waals surface area contributed by atoms with Crippen LogP contribution in [0.15, 0.2) is 0 Å². The van der Waals surface area contributed by atoms with E-state index in [9.17, 15) is 4.79 Å². The highest BCUT2D eigenvalue weighted by Gasteiger charge is 2.12. The van der Waals surface area contributed by atoms with Gasteiger partial charge in [0.2, 0.25) is 5.91 Å². The molecular weight excluding hydrogens is 174 g/mol. The molecule has 0 unspecified atom stereocenters. The van der Waals surface area contributed by atoms with Gasteiger partial charge in [0.1, 0.15) is 0 Å². The number of carbonyl (C=O) groups is 1. The van der Waals surface area contributed by atoms with E-state index in [1.54, 1.807) is 0 Å². The summed E-state index contributed by atoms with van der Waals surface area (Å²) in [7, 11) is 0. The molecule has 0 rings (SSSR count). The van der Waals surface area contributed by atoms with Gasteiger partial charge in [0.05, 0.1) is 0 Å². The minimum atomic E-state index is 0.266. The summed E-state index contributed by atoms with van der Waals surface area (Å²) in [6.07, 6.45) is 3.55. The van der Waals surface area contributed by atoms with Crippen molar-refractivity contribution in [1.82, 2.24) is 4.90 Å². The molecule has 0 heterocycles. The average Bonchev–Trinajstić information content (AvgIpc) is 2.12. The minimum absolute atomic E-state index is 0.266. The van der Waals surface area contributed by atoms with Crippen LogP contribution in [-0.2, 0) is 4.79 Å². The van der Waals surface area contributed by atoms with E-state index in [0.29, 0.717) is 18.8 Å². The third kappa shape index (κ3) is 6.01. The molecule has 0 spiro atoms. The Bertz CT molecular complexity index is 154. The van der Waals surface area contributed by atoms with Crippen molar-refractivity contribution < 1.29 is 4.79 Å². The van der Waals surface area contributed by atoms with Crippen LogP contribution in [0.4, 0.5) is 0 Å². The molecule has 2 heteroatoms. The Balaban J connectivity index is 4.01. The Morgan fingerprint density at radius 2 is 2.07 bits per heavy atom. The fraction of sp³-hybridized carbons (Fsp3) is 0.833. The number of unbranched alkanes of at least 4 members (excludes halogenated alkanes) is 1. The summed E-state index contributed by atoms with van der Waals surface area (Å²) in [5.74, 6) is 0.822. The zero-order chi connectivity index (χ0) is 11.0. The predicted molar refractivity (Wildman–Crippen MR) is 60.9 cm³/mol. The van der Waals surface area contributed by atoms with Crippen LogP contribution >= 0.6 is 0 Å². The summed E-state index contributed by atoms with van der Waals surface area (Å²) in [5.41, 5.74) is 0. The molecule has 1 radical (unpaired) electrons. The zero-order valence-electron chi connectivity index (χ0n) is 9.88. The lowest BCUT2D eigenvalue weighted by Gasteiger charge is -2.24. The van der Waals surface area contributed by atoms with E-state index < -0.39 is 0 Å². The van der Waals surface area contributed by atoms with Crippen LogP contribution in [0.2, 0.25) is 0 Å². The smallest absolute Gasteiger partial charge is 0.222 e. The Morgan fingerprint density at radius 1 is 1.43 bits per heavy atom. The first kappa shape index (κ1) is 13.5. The van der Waals surface area contributed by atoms with Gasteiger partial charge in [-0.05, 0) is 18.8 Å². The lowest BCUT2D eigenvalue weighted by Crippen LogP contribution is -2.34. The SMILES string of the molecule is [CH2]CCC(=O)N(CCCC)CC(C)C. The largest absolute Gasteiger partial charge is 0.342 e. The van der Waals surface area contributed by atoms with Gasteiger partial charge >= 0.3 is 0 Å². The first-order valence-corrected chi connectivity index (χ1v) is 5.68. The van der Waals surface area contributed by atoms with Gasteiger partial charge < -0.3 is 4.90 Å². The highest BCUT2D eigenvalue weighted by atomic mass is 16.2. The van der Waals surface area contributed by atoms with Gasteiger partial charge in [-0.2, -0.15) is 0 Å². The fourth-order valence-electron chi connectivity index (χ4n) is 1.42. The third-order valence-corrected chi connectivity index (χ3v) is 2.11. The van der Waals surface area contributed by atoms with E-state index in [4.69, 9.17) is 0 Å². The molecule has 0 aromatic carbocycles. The van der Waals surface area contributed by atoms with Crippen molar-refractivity contribution in [2.24, 2.45) is 5.92 Å². The van der Waals surface area contributed by atoms with E-state index in [2.05, 4.69) is 27.7 Å². The van der Waals surface area contributed by atoms with Gasteiger partial charge in [-0.3, -0.25) is 4.79 Å². The van der Waals surface area contributed by atoms with Gasteiger partial charge in [0, 0.05) is 19.5 Å². The topological polar surface area (TPSA) is 20.3 Å². The Morgan fingerprint density at radius 3 is 2.50 bits per heavy atom. The summed E-state index contributed by atoms with van der Waals surface area (Å²) in [6.45, 7) is 12.0. The lowest BCUT2D eigenvalue weighted by molar-refractivity contribution is -0.131. The standard InChI is InChI=1S/C12H24NO/c1-5-7-9-13(10-11(3)4)12(14)8-6-2/h11H,2,5-10H2,1,3-4H3. The summed E-state index contributed by atoms with van der Waals surface area (Å²) in [4.78, 5) is 13.7.